The Balaban J connectivity index is 1.97. The van der Waals surface area contributed by atoms with Gasteiger partial charge < -0.3 is 14.3 Å². The van der Waals surface area contributed by atoms with Crippen LogP contribution in [0.25, 0.3) is 10.9 Å². The Morgan fingerprint density at radius 3 is 2.61 bits per heavy atom. The molecular weight excluding hydrogens is 378 g/mol. The van der Waals surface area contributed by atoms with E-state index in [9.17, 15) is 13.2 Å². The highest BCUT2D eigenvalue weighted by molar-refractivity contribution is 7.89. The fraction of sp³-hybridized carbons (Fsp3) is 0.250. The zero-order valence-corrected chi connectivity index (χ0v) is 16.9. The number of carbonyl (C=O) groups is 1. The number of benzene rings is 1. The van der Waals surface area contributed by atoms with Crippen LogP contribution < -0.4 is 5.32 Å². The highest BCUT2D eigenvalue weighted by atomic mass is 32.2. The van der Waals surface area contributed by atoms with Crippen LogP contribution in [-0.2, 0) is 23.1 Å². The van der Waals surface area contributed by atoms with Crippen LogP contribution in [0.5, 0.6) is 0 Å². The van der Waals surface area contributed by atoms with E-state index in [1.165, 1.54) is 14.1 Å². The Hall–Kier alpha value is -2.84. The first kappa shape index (κ1) is 19.9. The van der Waals surface area contributed by atoms with Gasteiger partial charge in [0.05, 0.1) is 11.4 Å². The molecule has 2 heterocycles. The van der Waals surface area contributed by atoms with Crippen LogP contribution in [0.3, 0.4) is 0 Å². The van der Waals surface area contributed by atoms with Gasteiger partial charge in [0, 0.05) is 31.5 Å². The van der Waals surface area contributed by atoms with E-state index in [1.807, 2.05) is 19.1 Å². The molecule has 0 saturated carbocycles. The maximum absolute atomic E-state index is 12.7. The normalized spacial score (nSPS) is 11.9. The van der Waals surface area contributed by atoms with Crippen molar-refractivity contribution in [2.75, 3.05) is 14.1 Å². The third kappa shape index (κ3) is 3.74. The lowest BCUT2D eigenvalue weighted by molar-refractivity contribution is 0.0939. The maximum atomic E-state index is 12.7. The molecule has 0 fully saturated rings. The van der Waals surface area contributed by atoms with Crippen molar-refractivity contribution in [2.24, 2.45) is 0 Å². The van der Waals surface area contributed by atoms with Gasteiger partial charge in [0.25, 0.3) is 5.91 Å². The molecule has 0 aliphatic heterocycles. The van der Waals surface area contributed by atoms with Gasteiger partial charge in [0.2, 0.25) is 10.0 Å². The monoisotopic (exact) mass is 401 g/mol. The van der Waals surface area contributed by atoms with Gasteiger partial charge in [0.1, 0.15) is 17.2 Å². The summed E-state index contributed by atoms with van der Waals surface area (Å²) in [6.45, 7) is 6.28. The second-order valence-electron chi connectivity index (χ2n) is 6.63. The lowest BCUT2D eigenvalue weighted by Gasteiger charge is -2.12. The predicted octanol–water partition coefficient (Wildman–Crippen LogP) is 2.91. The van der Waals surface area contributed by atoms with Crippen molar-refractivity contribution in [3.8, 4) is 0 Å². The predicted molar refractivity (Wildman–Crippen MR) is 108 cm³/mol. The lowest BCUT2D eigenvalue weighted by Crippen LogP contribution is -2.25. The fourth-order valence-electron chi connectivity index (χ4n) is 2.97. The number of allylic oxidation sites excluding steroid dienone is 1. The highest BCUT2D eigenvalue weighted by Gasteiger charge is 2.20. The van der Waals surface area contributed by atoms with Crippen molar-refractivity contribution in [3.05, 3.63) is 66.3 Å². The van der Waals surface area contributed by atoms with E-state index in [2.05, 4.69) is 11.9 Å². The fourth-order valence-corrected chi connectivity index (χ4v) is 3.91. The number of furan rings is 1. The second kappa shape index (κ2) is 7.65. The van der Waals surface area contributed by atoms with Gasteiger partial charge in [-0.1, -0.05) is 6.08 Å². The van der Waals surface area contributed by atoms with Gasteiger partial charge in [-0.25, -0.2) is 12.7 Å². The summed E-state index contributed by atoms with van der Waals surface area (Å²) in [4.78, 5) is 12.9. The summed E-state index contributed by atoms with van der Waals surface area (Å²) < 4.78 is 33.2. The SMILES string of the molecule is C=CCn1c(C(=O)NCc2ccc(C)o2)cc2cc(S(=O)(=O)N(C)C)ccc21. The average Bonchev–Trinajstić information content (AvgIpc) is 3.23. The lowest BCUT2D eigenvalue weighted by atomic mass is 10.2. The number of aromatic nitrogens is 1. The van der Waals surface area contributed by atoms with E-state index in [0.29, 0.717) is 23.4 Å². The molecule has 0 unspecified atom stereocenters. The Bertz CT molecular complexity index is 1140. The van der Waals surface area contributed by atoms with Crippen LogP contribution in [-0.4, -0.2) is 37.3 Å². The number of nitrogens with zero attached hydrogens (tertiary/aromatic N) is 2. The van der Waals surface area contributed by atoms with Crippen LogP contribution >= 0.6 is 0 Å². The van der Waals surface area contributed by atoms with Crippen molar-refractivity contribution in [3.63, 3.8) is 0 Å². The first-order chi connectivity index (χ1) is 13.2. The third-order valence-corrected chi connectivity index (χ3v) is 6.23. The molecule has 2 aromatic heterocycles. The van der Waals surface area contributed by atoms with Gasteiger partial charge in [-0.15, -0.1) is 6.58 Å². The first-order valence-corrected chi connectivity index (χ1v) is 10.2. The summed E-state index contributed by atoms with van der Waals surface area (Å²) in [5.41, 5.74) is 1.19. The molecule has 0 atom stereocenters. The molecule has 0 aliphatic rings. The topological polar surface area (TPSA) is 84.5 Å². The summed E-state index contributed by atoms with van der Waals surface area (Å²) in [6.07, 6.45) is 1.69. The number of amides is 1. The molecule has 8 heteroatoms. The minimum Gasteiger partial charge on any atom is -0.465 e. The van der Waals surface area contributed by atoms with E-state index < -0.39 is 10.0 Å². The molecule has 0 saturated heterocycles. The van der Waals surface area contributed by atoms with Gasteiger partial charge >= 0.3 is 0 Å². The minimum atomic E-state index is -3.56. The van der Waals surface area contributed by atoms with Gasteiger partial charge in [0.15, 0.2) is 0 Å². The number of nitrogens with one attached hydrogen (secondary N) is 1. The molecule has 28 heavy (non-hydrogen) atoms. The molecule has 0 aliphatic carbocycles. The highest BCUT2D eigenvalue weighted by Crippen LogP contribution is 2.25. The van der Waals surface area contributed by atoms with Gasteiger partial charge in [-0.3, -0.25) is 4.79 Å². The van der Waals surface area contributed by atoms with Crippen molar-refractivity contribution in [1.82, 2.24) is 14.2 Å². The number of rotatable bonds is 7. The van der Waals surface area contributed by atoms with Crippen LogP contribution in [0.15, 0.2) is 58.4 Å². The maximum Gasteiger partial charge on any atom is 0.268 e. The standard InChI is InChI=1S/C20H23N3O4S/c1-5-10-23-18-9-8-17(28(25,26)22(3)4)11-15(18)12-19(23)20(24)21-13-16-7-6-14(2)27-16/h5-9,11-12H,1,10,13H2,2-4H3,(H,21,24). The number of sulfonamides is 1. The Kier molecular flexibility index (Phi) is 5.44. The number of hydrogen-bond donors (Lipinski definition) is 1. The van der Waals surface area contributed by atoms with Crippen molar-refractivity contribution in [1.29, 1.82) is 0 Å². The molecule has 1 amide bonds. The van der Waals surface area contributed by atoms with Crippen molar-refractivity contribution in [2.45, 2.75) is 24.9 Å². The molecule has 3 rings (SSSR count). The zero-order valence-electron chi connectivity index (χ0n) is 16.1. The van der Waals surface area contributed by atoms with Crippen LogP contribution in [0, 0.1) is 6.92 Å². The number of fused-ring (bicyclic) bond motifs is 1. The Morgan fingerprint density at radius 1 is 1.25 bits per heavy atom. The average molecular weight is 401 g/mol. The summed E-state index contributed by atoms with van der Waals surface area (Å²) in [7, 11) is -0.590. The van der Waals surface area contributed by atoms with Crippen LogP contribution in [0.1, 0.15) is 22.0 Å². The minimum absolute atomic E-state index is 0.179. The van der Waals surface area contributed by atoms with E-state index in [0.717, 1.165) is 15.6 Å². The van der Waals surface area contributed by atoms with E-state index >= 15 is 0 Å². The molecule has 148 valence electrons. The summed E-state index contributed by atoms with van der Waals surface area (Å²) in [5, 5.41) is 3.51. The zero-order chi connectivity index (χ0) is 20.5. The van der Waals surface area contributed by atoms with E-state index in [1.54, 1.807) is 34.9 Å². The largest absolute Gasteiger partial charge is 0.465 e. The number of aryl methyl sites for hydroxylation is 1. The molecule has 1 N–H and O–H groups in total. The molecule has 1 aromatic carbocycles. The molecule has 3 aromatic rings. The molecule has 0 radical (unpaired) electrons. The number of hydrogen-bond acceptors (Lipinski definition) is 4. The van der Waals surface area contributed by atoms with Gasteiger partial charge in [-0.05, 0) is 43.3 Å². The second-order valence-corrected chi connectivity index (χ2v) is 8.78. The molecular formula is C20H23N3O4S. The first-order valence-electron chi connectivity index (χ1n) is 8.74. The Labute approximate surface area is 164 Å². The van der Waals surface area contributed by atoms with E-state index in [-0.39, 0.29) is 17.3 Å². The van der Waals surface area contributed by atoms with Crippen molar-refractivity contribution >= 4 is 26.8 Å². The van der Waals surface area contributed by atoms with Crippen LogP contribution in [0.4, 0.5) is 0 Å². The smallest absolute Gasteiger partial charge is 0.268 e. The Morgan fingerprint density at radius 2 is 2.00 bits per heavy atom. The molecule has 7 nitrogen and oxygen atoms in total. The molecule has 0 bridgehead atoms. The summed E-state index contributed by atoms with van der Waals surface area (Å²) in [6, 6.07) is 10.2. The quantitative estimate of drug-likeness (QED) is 0.617. The molecule has 0 spiro atoms. The van der Waals surface area contributed by atoms with Crippen molar-refractivity contribution < 1.29 is 17.6 Å². The summed E-state index contributed by atoms with van der Waals surface area (Å²) >= 11 is 0. The van der Waals surface area contributed by atoms with Crippen LogP contribution in [0.2, 0.25) is 0 Å². The number of carbonyl (C=O) groups excluding carboxylic acids is 1. The third-order valence-electron chi connectivity index (χ3n) is 4.41. The van der Waals surface area contributed by atoms with E-state index in [4.69, 9.17) is 4.42 Å². The van der Waals surface area contributed by atoms with Gasteiger partial charge in [-0.2, -0.15) is 0 Å². The summed E-state index contributed by atoms with van der Waals surface area (Å²) in [5.74, 6) is 1.17.